The van der Waals surface area contributed by atoms with Crippen LogP contribution >= 0.6 is 0 Å². The Morgan fingerprint density at radius 3 is 2.75 bits per heavy atom. The van der Waals surface area contributed by atoms with E-state index in [0.717, 1.165) is 24.9 Å². The first-order valence-electron chi connectivity index (χ1n) is 8.19. The van der Waals surface area contributed by atoms with Crippen molar-refractivity contribution >= 4 is 5.97 Å². The van der Waals surface area contributed by atoms with Crippen molar-refractivity contribution in [2.75, 3.05) is 20.2 Å². The van der Waals surface area contributed by atoms with E-state index in [0.29, 0.717) is 6.04 Å². The molecule has 0 aromatic rings. The highest BCUT2D eigenvalue weighted by Gasteiger charge is 2.35. The van der Waals surface area contributed by atoms with Gasteiger partial charge in [0.2, 0.25) is 0 Å². The van der Waals surface area contributed by atoms with Crippen LogP contribution in [0, 0.1) is 5.92 Å². The van der Waals surface area contributed by atoms with Gasteiger partial charge in [0, 0.05) is 18.6 Å². The molecule has 2 aliphatic rings. The van der Waals surface area contributed by atoms with Crippen LogP contribution in [-0.2, 0) is 9.53 Å². The molecule has 3 unspecified atom stereocenters. The summed E-state index contributed by atoms with van der Waals surface area (Å²) in [5, 5.41) is 3.33. The predicted molar refractivity (Wildman–Crippen MR) is 80.6 cm³/mol. The summed E-state index contributed by atoms with van der Waals surface area (Å²) in [4.78, 5) is 14.4. The van der Waals surface area contributed by atoms with Crippen LogP contribution < -0.4 is 5.32 Å². The molecule has 1 N–H and O–H groups in total. The van der Waals surface area contributed by atoms with Gasteiger partial charge in [-0.2, -0.15) is 0 Å². The normalized spacial score (nSPS) is 28.4. The third-order valence-electron chi connectivity index (χ3n) is 4.85. The lowest BCUT2D eigenvalue weighted by Crippen LogP contribution is -2.45. The molecule has 0 aromatic heterocycles. The molecule has 2 rings (SSSR count). The summed E-state index contributed by atoms with van der Waals surface area (Å²) in [6, 6.07) is 0.920. The molecule has 2 fully saturated rings. The van der Waals surface area contributed by atoms with E-state index < -0.39 is 0 Å². The highest BCUT2D eigenvalue weighted by atomic mass is 16.5. The standard InChI is InChI=1S/C16H30N2O2/c1-12(2)17-14(16(19)20-3)9-11-18-10-8-13-6-4-5-7-15(13)18/h12-15,17H,4-11H2,1-3H3. The number of carbonyl (C=O) groups excluding carboxylic acids is 1. The quantitative estimate of drug-likeness (QED) is 0.758. The molecule has 0 spiro atoms. The summed E-state index contributed by atoms with van der Waals surface area (Å²) < 4.78 is 4.92. The first kappa shape index (κ1) is 15.8. The third-order valence-corrected chi connectivity index (χ3v) is 4.85. The van der Waals surface area contributed by atoms with Crippen LogP contribution in [0.25, 0.3) is 0 Å². The minimum Gasteiger partial charge on any atom is -0.468 e. The number of nitrogens with zero attached hydrogens (tertiary/aromatic N) is 1. The Bertz CT molecular complexity index is 320. The van der Waals surface area contributed by atoms with Gasteiger partial charge in [0.05, 0.1) is 7.11 Å². The van der Waals surface area contributed by atoms with E-state index in [1.165, 1.54) is 45.8 Å². The molecule has 1 saturated heterocycles. The van der Waals surface area contributed by atoms with E-state index in [4.69, 9.17) is 4.74 Å². The minimum atomic E-state index is -0.164. The third kappa shape index (κ3) is 3.95. The predicted octanol–water partition coefficient (Wildman–Crippen LogP) is 2.18. The van der Waals surface area contributed by atoms with E-state index in [9.17, 15) is 4.79 Å². The van der Waals surface area contributed by atoms with Crippen molar-refractivity contribution < 1.29 is 9.53 Å². The second-order valence-electron chi connectivity index (χ2n) is 6.62. The second-order valence-corrected chi connectivity index (χ2v) is 6.62. The second kappa shape index (κ2) is 7.41. The molecule has 3 atom stereocenters. The Balaban J connectivity index is 1.84. The van der Waals surface area contributed by atoms with Crippen LogP contribution in [0.15, 0.2) is 0 Å². The number of likely N-dealkylation sites (tertiary alicyclic amines) is 1. The van der Waals surface area contributed by atoms with Crippen LogP contribution in [0.3, 0.4) is 0 Å². The largest absolute Gasteiger partial charge is 0.468 e. The average Bonchev–Trinajstić information content (AvgIpc) is 2.85. The van der Waals surface area contributed by atoms with Crippen LogP contribution in [0.1, 0.15) is 52.4 Å². The number of methoxy groups -OCH3 is 1. The van der Waals surface area contributed by atoms with Crippen molar-refractivity contribution in [3.05, 3.63) is 0 Å². The zero-order valence-electron chi connectivity index (χ0n) is 13.2. The van der Waals surface area contributed by atoms with Crippen molar-refractivity contribution in [2.24, 2.45) is 5.92 Å². The lowest BCUT2D eigenvalue weighted by molar-refractivity contribution is -0.143. The summed E-state index contributed by atoms with van der Waals surface area (Å²) >= 11 is 0. The maximum absolute atomic E-state index is 11.8. The zero-order valence-corrected chi connectivity index (χ0v) is 13.2. The summed E-state index contributed by atoms with van der Waals surface area (Å²) in [5.41, 5.74) is 0. The molecule has 4 nitrogen and oxygen atoms in total. The van der Waals surface area contributed by atoms with Gasteiger partial charge in [-0.05, 0) is 38.1 Å². The van der Waals surface area contributed by atoms with E-state index >= 15 is 0 Å². The first-order chi connectivity index (χ1) is 9.61. The van der Waals surface area contributed by atoms with Crippen LogP contribution in [0.5, 0.6) is 0 Å². The van der Waals surface area contributed by atoms with Gasteiger partial charge in [0.1, 0.15) is 6.04 Å². The average molecular weight is 282 g/mol. The fraction of sp³-hybridized carbons (Fsp3) is 0.938. The number of carbonyl (C=O) groups is 1. The topological polar surface area (TPSA) is 41.6 Å². The Labute approximate surface area is 123 Å². The van der Waals surface area contributed by atoms with Gasteiger partial charge in [-0.1, -0.05) is 26.7 Å². The maximum atomic E-state index is 11.8. The van der Waals surface area contributed by atoms with Gasteiger partial charge in [0.15, 0.2) is 0 Å². The van der Waals surface area contributed by atoms with Gasteiger partial charge >= 0.3 is 5.97 Å². The summed E-state index contributed by atoms with van der Waals surface area (Å²) in [5.74, 6) is 0.788. The lowest BCUT2D eigenvalue weighted by Gasteiger charge is -2.32. The van der Waals surface area contributed by atoms with E-state index in [2.05, 4.69) is 24.1 Å². The summed E-state index contributed by atoms with van der Waals surface area (Å²) in [6.07, 6.45) is 7.76. The molecular weight excluding hydrogens is 252 g/mol. The lowest BCUT2D eigenvalue weighted by atomic mass is 9.85. The maximum Gasteiger partial charge on any atom is 0.322 e. The van der Waals surface area contributed by atoms with Gasteiger partial charge in [-0.3, -0.25) is 4.79 Å². The van der Waals surface area contributed by atoms with Crippen LogP contribution in [-0.4, -0.2) is 49.2 Å². The Hall–Kier alpha value is -0.610. The Morgan fingerprint density at radius 1 is 1.30 bits per heavy atom. The molecule has 20 heavy (non-hydrogen) atoms. The van der Waals surface area contributed by atoms with Crippen LogP contribution in [0.4, 0.5) is 0 Å². The smallest absolute Gasteiger partial charge is 0.322 e. The van der Waals surface area contributed by atoms with Gasteiger partial charge < -0.3 is 15.0 Å². The van der Waals surface area contributed by atoms with Crippen molar-refractivity contribution in [3.63, 3.8) is 0 Å². The number of hydrogen-bond acceptors (Lipinski definition) is 4. The molecule has 1 heterocycles. The van der Waals surface area contributed by atoms with Crippen molar-refractivity contribution in [2.45, 2.75) is 70.5 Å². The monoisotopic (exact) mass is 282 g/mol. The molecule has 0 aromatic carbocycles. The van der Waals surface area contributed by atoms with Crippen molar-refractivity contribution in [1.82, 2.24) is 10.2 Å². The number of nitrogens with one attached hydrogen (secondary N) is 1. The molecule has 116 valence electrons. The fourth-order valence-corrected chi connectivity index (χ4v) is 3.89. The minimum absolute atomic E-state index is 0.127. The molecule has 0 radical (unpaired) electrons. The van der Waals surface area contributed by atoms with Gasteiger partial charge in [-0.15, -0.1) is 0 Å². The fourth-order valence-electron chi connectivity index (χ4n) is 3.89. The molecular formula is C16H30N2O2. The molecule has 4 heteroatoms. The molecule has 0 bridgehead atoms. The molecule has 0 amide bonds. The van der Waals surface area contributed by atoms with E-state index in [1.54, 1.807) is 0 Å². The first-order valence-corrected chi connectivity index (χ1v) is 8.19. The van der Waals surface area contributed by atoms with E-state index in [-0.39, 0.29) is 12.0 Å². The number of rotatable bonds is 6. The van der Waals surface area contributed by atoms with Crippen LogP contribution in [0.2, 0.25) is 0 Å². The number of ether oxygens (including phenoxy) is 1. The van der Waals surface area contributed by atoms with Gasteiger partial charge in [0.25, 0.3) is 0 Å². The Kier molecular flexibility index (Phi) is 5.85. The number of esters is 1. The zero-order chi connectivity index (χ0) is 14.5. The highest BCUT2D eigenvalue weighted by molar-refractivity contribution is 5.75. The summed E-state index contributed by atoms with van der Waals surface area (Å²) in [6.45, 7) is 6.37. The molecule has 1 saturated carbocycles. The molecule has 1 aliphatic carbocycles. The number of hydrogen-bond donors (Lipinski definition) is 1. The van der Waals surface area contributed by atoms with Crippen molar-refractivity contribution in [1.29, 1.82) is 0 Å². The summed E-state index contributed by atoms with van der Waals surface area (Å²) in [7, 11) is 1.48. The van der Waals surface area contributed by atoms with Gasteiger partial charge in [-0.25, -0.2) is 0 Å². The van der Waals surface area contributed by atoms with E-state index in [1.807, 2.05) is 0 Å². The van der Waals surface area contributed by atoms with Crippen molar-refractivity contribution in [3.8, 4) is 0 Å². The Morgan fingerprint density at radius 2 is 2.05 bits per heavy atom. The highest BCUT2D eigenvalue weighted by Crippen LogP contribution is 2.36. The number of fused-ring (bicyclic) bond motifs is 1. The molecule has 1 aliphatic heterocycles. The SMILES string of the molecule is COC(=O)C(CCN1CCC2CCCCC21)NC(C)C.